The lowest BCUT2D eigenvalue weighted by molar-refractivity contribution is 0.0696. The van der Waals surface area contributed by atoms with Gasteiger partial charge < -0.3 is 16.0 Å². The summed E-state index contributed by atoms with van der Waals surface area (Å²) in [6, 6.07) is 12.0. The molecule has 0 saturated heterocycles. The molecule has 2 aromatic rings. The normalized spacial score (nSPS) is 14.6. The van der Waals surface area contributed by atoms with E-state index < -0.39 is 0 Å². The zero-order chi connectivity index (χ0) is 19.4. The molecule has 6 heteroatoms. The molecule has 0 radical (unpaired) electrons. The smallest absolute Gasteiger partial charge is 0.255 e. The number of hydrogen-bond acceptors (Lipinski definition) is 3. The van der Waals surface area contributed by atoms with Gasteiger partial charge in [-0.25, -0.2) is 0 Å². The fraction of sp³-hybridized carbons (Fsp3) is 0.333. The maximum Gasteiger partial charge on any atom is 0.255 e. The summed E-state index contributed by atoms with van der Waals surface area (Å²) in [4.78, 5) is 26.9. The Bertz CT molecular complexity index is 847. The lowest BCUT2D eigenvalue weighted by Crippen LogP contribution is -2.38. The van der Waals surface area contributed by atoms with Gasteiger partial charge in [0, 0.05) is 30.0 Å². The maximum absolute atomic E-state index is 12.8. The van der Waals surface area contributed by atoms with Gasteiger partial charge in [-0.15, -0.1) is 0 Å². The van der Waals surface area contributed by atoms with Crippen LogP contribution in [0.2, 0.25) is 5.02 Å². The minimum Gasteiger partial charge on any atom is -0.399 e. The van der Waals surface area contributed by atoms with Crippen LogP contribution >= 0.6 is 11.6 Å². The Morgan fingerprint density at radius 2 is 1.85 bits per heavy atom. The molecule has 1 fully saturated rings. The Kier molecular flexibility index (Phi) is 6.01. The van der Waals surface area contributed by atoms with Crippen LogP contribution in [0.5, 0.6) is 0 Å². The highest BCUT2D eigenvalue weighted by Crippen LogP contribution is 2.27. The maximum atomic E-state index is 12.8. The van der Waals surface area contributed by atoms with Crippen LogP contribution in [0, 0.1) is 0 Å². The number of nitrogens with zero attached hydrogens (tertiary/aromatic N) is 1. The summed E-state index contributed by atoms with van der Waals surface area (Å²) >= 11 is 6.34. The number of nitrogens with two attached hydrogens (primary N) is 1. The van der Waals surface area contributed by atoms with Gasteiger partial charge >= 0.3 is 0 Å². The van der Waals surface area contributed by atoms with E-state index in [1.165, 1.54) is 6.42 Å². The highest BCUT2D eigenvalue weighted by Gasteiger charge is 2.24. The van der Waals surface area contributed by atoms with Crippen molar-refractivity contribution in [3.05, 3.63) is 58.6 Å². The second kappa shape index (κ2) is 8.44. The van der Waals surface area contributed by atoms with Crippen LogP contribution in [-0.2, 0) is 0 Å². The summed E-state index contributed by atoms with van der Waals surface area (Å²) in [5, 5.41) is 3.11. The third kappa shape index (κ3) is 4.61. The number of carbonyl (C=O) groups is 2. The van der Waals surface area contributed by atoms with E-state index in [1.54, 1.807) is 47.4 Å². The van der Waals surface area contributed by atoms with Gasteiger partial charge in [0.15, 0.2) is 0 Å². The van der Waals surface area contributed by atoms with E-state index >= 15 is 0 Å². The summed E-state index contributed by atoms with van der Waals surface area (Å²) in [5.41, 5.74) is 7.68. The van der Waals surface area contributed by atoms with Gasteiger partial charge in [-0.05, 0) is 49.2 Å². The van der Waals surface area contributed by atoms with Crippen molar-refractivity contribution in [3.63, 3.8) is 0 Å². The number of halogens is 1. The van der Waals surface area contributed by atoms with E-state index in [0.717, 1.165) is 25.7 Å². The first-order valence-electron chi connectivity index (χ1n) is 9.19. The summed E-state index contributed by atoms with van der Waals surface area (Å²) in [7, 11) is 1.84. The molecule has 0 atom stereocenters. The first-order chi connectivity index (χ1) is 13.0. The zero-order valence-electron chi connectivity index (χ0n) is 15.4. The zero-order valence-corrected chi connectivity index (χ0v) is 16.1. The van der Waals surface area contributed by atoms with E-state index in [4.69, 9.17) is 17.3 Å². The van der Waals surface area contributed by atoms with Crippen LogP contribution in [0.15, 0.2) is 42.5 Å². The topological polar surface area (TPSA) is 75.4 Å². The van der Waals surface area contributed by atoms with Gasteiger partial charge in [0.05, 0.1) is 10.6 Å². The molecule has 1 aliphatic carbocycles. The SMILES string of the molecule is CN(C(=O)c1ccc(NC(=O)c2cccc(N)c2)cc1Cl)C1CCCCC1. The van der Waals surface area contributed by atoms with Crippen LogP contribution in [0.4, 0.5) is 11.4 Å². The predicted octanol–water partition coefficient (Wildman–Crippen LogP) is 4.58. The molecule has 0 heterocycles. The molecule has 1 aliphatic rings. The van der Waals surface area contributed by atoms with Gasteiger partial charge in [-0.3, -0.25) is 9.59 Å². The molecule has 2 aromatic carbocycles. The third-order valence-corrected chi connectivity index (χ3v) is 5.36. The first-order valence-corrected chi connectivity index (χ1v) is 9.57. The number of rotatable bonds is 4. The van der Waals surface area contributed by atoms with E-state index in [1.807, 2.05) is 7.05 Å². The molecule has 3 N–H and O–H groups in total. The fourth-order valence-electron chi connectivity index (χ4n) is 3.47. The second-order valence-electron chi connectivity index (χ2n) is 6.98. The lowest BCUT2D eigenvalue weighted by Gasteiger charge is -2.31. The van der Waals surface area contributed by atoms with Crippen molar-refractivity contribution in [2.75, 3.05) is 18.1 Å². The van der Waals surface area contributed by atoms with Crippen molar-refractivity contribution in [1.29, 1.82) is 0 Å². The Morgan fingerprint density at radius 1 is 1.11 bits per heavy atom. The van der Waals surface area contributed by atoms with Gasteiger partial charge in [0.1, 0.15) is 0 Å². The molecule has 1 saturated carbocycles. The quantitative estimate of drug-likeness (QED) is 0.756. The van der Waals surface area contributed by atoms with Gasteiger partial charge in [-0.1, -0.05) is 36.9 Å². The largest absolute Gasteiger partial charge is 0.399 e. The second-order valence-corrected chi connectivity index (χ2v) is 7.39. The highest BCUT2D eigenvalue weighted by molar-refractivity contribution is 6.34. The predicted molar refractivity (Wildman–Crippen MR) is 109 cm³/mol. The number of benzene rings is 2. The van der Waals surface area contributed by atoms with E-state index in [-0.39, 0.29) is 17.9 Å². The number of nitrogen functional groups attached to an aromatic ring is 1. The third-order valence-electron chi connectivity index (χ3n) is 5.05. The Hall–Kier alpha value is -2.53. The molecule has 142 valence electrons. The molecular formula is C21H24ClN3O2. The van der Waals surface area contributed by atoms with Crippen molar-refractivity contribution in [2.24, 2.45) is 0 Å². The summed E-state index contributed by atoms with van der Waals surface area (Å²) < 4.78 is 0. The molecule has 0 aliphatic heterocycles. The number of carbonyl (C=O) groups excluding carboxylic acids is 2. The van der Waals surface area contributed by atoms with Crippen molar-refractivity contribution in [3.8, 4) is 0 Å². The van der Waals surface area contributed by atoms with Crippen LogP contribution in [0.3, 0.4) is 0 Å². The monoisotopic (exact) mass is 385 g/mol. The minimum atomic E-state index is -0.281. The molecule has 27 heavy (non-hydrogen) atoms. The molecule has 0 aromatic heterocycles. The van der Waals surface area contributed by atoms with Crippen molar-refractivity contribution >= 4 is 34.8 Å². The van der Waals surface area contributed by atoms with E-state index in [9.17, 15) is 9.59 Å². The highest BCUT2D eigenvalue weighted by atomic mass is 35.5. The molecule has 0 spiro atoms. The number of anilines is 2. The molecule has 0 bridgehead atoms. The fourth-order valence-corrected chi connectivity index (χ4v) is 3.74. The van der Waals surface area contributed by atoms with Crippen molar-refractivity contribution in [1.82, 2.24) is 4.90 Å². The van der Waals surface area contributed by atoms with Gasteiger partial charge in [0.2, 0.25) is 0 Å². The first kappa shape index (κ1) is 19.2. The average molecular weight is 386 g/mol. The number of nitrogens with one attached hydrogen (secondary N) is 1. The lowest BCUT2D eigenvalue weighted by atomic mass is 9.94. The number of hydrogen-bond donors (Lipinski definition) is 2. The van der Waals surface area contributed by atoms with Crippen LogP contribution in [0.25, 0.3) is 0 Å². The van der Waals surface area contributed by atoms with Crippen LogP contribution < -0.4 is 11.1 Å². The standard InChI is InChI=1S/C21H24ClN3O2/c1-25(17-8-3-2-4-9-17)21(27)18-11-10-16(13-19(18)22)24-20(26)14-6-5-7-15(23)12-14/h5-7,10-13,17H,2-4,8-9,23H2,1H3,(H,24,26). The van der Waals surface area contributed by atoms with E-state index in [2.05, 4.69) is 5.32 Å². The van der Waals surface area contributed by atoms with Crippen LogP contribution in [0.1, 0.15) is 52.8 Å². The molecule has 2 amide bonds. The van der Waals surface area contributed by atoms with Crippen LogP contribution in [-0.4, -0.2) is 29.8 Å². The van der Waals surface area contributed by atoms with Crippen molar-refractivity contribution < 1.29 is 9.59 Å². The summed E-state index contributed by atoms with van der Waals surface area (Å²) in [6.07, 6.45) is 5.62. The molecule has 3 rings (SSSR count). The molecular weight excluding hydrogens is 362 g/mol. The Labute approximate surface area is 164 Å². The van der Waals surface area contributed by atoms with Gasteiger partial charge in [0.25, 0.3) is 11.8 Å². The Balaban J connectivity index is 1.71. The molecule has 0 unspecified atom stereocenters. The molecule has 5 nitrogen and oxygen atoms in total. The van der Waals surface area contributed by atoms with Crippen molar-refractivity contribution in [2.45, 2.75) is 38.1 Å². The Morgan fingerprint density at radius 3 is 2.52 bits per heavy atom. The minimum absolute atomic E-state index is 0.0828. The summed E-state index contributed by atoms with van der Waals surface area (Å²) in [6.45, 7) is 0. The van der Waals surface area contributed by atoms with Gasteiger partial charge in [-0.2, -0.15) is 0 Å². The average Bonchev–Trinajstić information content (AvgIpc) is 2.67. The number of amides is 2. The summed E-state index contributed by atoms with van der Waals surface area (Å²) in [5.74, 6) is -0.364. The van der Waals surface area contributed by atoms with E-state index in [0.29, 0.717) is 27.5 Å².